The number of aliphatic carboxylic acids is 1. The minimum atomic E-state index is -0.901. The van der Waals surface area contributed by atoms with Crippen LogP contribution in [0.2, 0.25) is 0 Å². The van der Waals surface area contributed by atoms with Crippen molar-refractivity contribution in [1.29, 1.82) is 0 Å². The summed E-state index contributed by atoms with van der Waals surface area (Å²) in [7, 11) is 1.58. The Labute approximate surface area is 69.6 Å². The van der Waals surface area contributed by atoms with E-state index in [2.05, 4.69) is 5.10 Å². The van der Waals surface area contributed by atoms with Crippen LogP contribution in [-0.4, -0.2) is 28.0 Å². The summed E-state index contributed by atoms with van der Waals surface area (Å²) in [6.07, 6.45) is 3.24. The molecule has 12 heavy (non-hydrogen) atoms. The first kappa shape index (κ1) is 8.73. The summed E-state index contributed by atoms with van der Waals surface area (Å²) in [4.78, 5) is 10.2. The van der Waals surface area contributed by atoms with Crippen LogP contribution >= 0.6 is 0 Å². The lowest BCUT2D eigenvalue weighted by molar-refractivity contribution is -0.137. The second-order valence-electron chi connectivity index (χ2n) is 2.37. The molecule has 0 aromatic carbocycles. The first-order chi connectivity index (χ1) is 5.72. The Morgan fingerprint density at radius 2 is 2.58 bits per heavy atom. The predicted molar refractivity (Wildman–Crippen MR) is 40.6 cm³/mol. The van der Waals surface area contributed by atoms with Crippen molar-refractivity contribution in [3.63, 3.8) is 0 Å². The van der Waals surface area contributed by atoms with E-state index in [0.717, 1.165) is 5.56 Å². The maximum Gasteiger partial charge on any atom is 0.325 e. The van der Waals surface area contributed by atoms with Crippen LogP contribution in [0.15, 0.2) is 12.4 Å². The van der Waals surface area contributed by atoms with Gasteiger partial charge in [-0.2, -0.15) is 5.10 Å². The number of carbonyl (C=O) groups is 1. The van der Waals surface area contributed by atoms with Gasteiger partial charge in [-0.1, -0.05) is 0 Å². The summed E-state index contributed by atoms with van der Waals surface area (Å²) in [5.41, 5.74) is 0.874. The number of hydrogen-bond acceptors (Lipinski definition) is 3. The Balaban J connectivity index is 2.58. The molecule has 0 aliphatic rings. The largest absolute Gasteiger partial charge is 0.480 e. The average molecular weight is 170 g/mol. The van der Waals surface area contributed by atoms with E-state index in [1.54, 1.807) is 19.5 Å². The Morgan fingerprint density at radius 1 is 1.83 bits per heavy atom. The molecule has 0 radical (unpaired) electrons. The molecule has 0 saturated carbocycles. The number of hydrogen-bond donors (Lipinski definition) is 1. The minimum absolute atomic E-state index is 0.107. The Hall–Kier alpha value is -1.36. The fourth-order valence-corrected chi connectivity index (χ4v) is 0.873. The Bertz CT molecular complexity index is 269. The van der Waals surface area contributed by atoms with Crippen LogP contribution in [0.4, 0.5) is 0 Å². The van der Waals surface area contributed by atoms with Gasteiger partial charge in [-0.05, 0) is 0 Å². The molecule has 5 heteroatoms. The Kier molecular flexibility index (Phi) is 2.82. The van der Waals surface area contributed by atoms with Gasteiger partial charge in [-0.15, -0.1) is 0 Å². The number of aromatic nitrogens is 2. The molecule has 0 bridgehead atoms. The van der Waals surface area contributed by atoms with Crippen molar-refractivity contribution in [2.75, 3.05) is 7.11 Å². The fraction of sp³-hybridized carbons (Fsp3) is 0.429. The molecule has 0 amide bonds. The van der Waals surface area contributed by atoms with Crippen molar-refractivity contribution in [2.45, 2.75) is 13.2 Å². The van der Waals surface area contributed by atoms with E-state index in [1.807, 2.05) is 0 Å². The third kappa shape index (κ3) is 2.35. The normalized spacial score (nSPS) is 10.1. The van der Waals surface area contributed by atoms with Gasteiger partial charge in [0, 0.05) is 18.9 Å². The molecule has 0 aliphatic carbocycles. The highest BCUT2D eigenvalue weighted by Gasteiger charge is 2.01. The summed E-state index contributed by atoms with van der Waals surface area (Å²) in [5, 5.41) is 12.2. The smallest absolute Gasteiger partial charge is 0.325 e. The average Bonchev–Trinajstić information content (AvgIpc) is 2.36. The standard InChI is InChI=1S/C7H10N2O3/c1-12-5-6-2-8-9(3-6)4-7(10)11/h2-3H,4-5H2,1H3,(H,10,11). The van der Waals surface area contributed by atoms with Crippen LogP contribution in [0.5, 0.6) is 0 Å². The lowest BCUT2D eigenvalue weighted by Gasteiger charge is -1.93. The monoisotopic (exact) mass is 170 g/mol. The van der Waals surface area contributed by atoms with Crippen LogP contribution in [0.1, 0.15) is 5.56 Å². The number of carboxylic acids is 1. The van der Waals surface area contributed by atoms with Crippen LogP contribution in [0.3, 0.4) is 0 Å². The number of methoxy groups -OCH3 is 1. The van der Waals surface area contributed by atoms with Crippen LogP contribution in [-0.2, 0) is 22.7 Å². The summed E-state index contributed by atoms with van der Waals surface area (Å²) < 4.78 is 6.20. The van der Waals surface area contributed by atoms with Crippen molar-refractivity contribution in [3.8, 4) is 0 Å². The summed E-state index contributed by atoms with van der Waals surface area (Å²) in [6, 6.07) is 0. The second-order valence-corrected chi connectivity index (χ2v) is 2.37. The molecule has 1 heterocycles. The molecule has 66 valence electrons. The van der Waals surface area contributed by atoms with Crippen LogP contribution < -0.4 is 0 Å². The molecule has 0 atom stereocenters. The number of ether oxygens (including phenoxy) is 1. The lowest BCUT2D eigenvalue weighted by Crippen LogP contribution is -2.08. The maximum absolute atomic E-state index is 10.2. The van der Waals surface area contributed by atoms with E-state index in [1.165, 1.54) is 4.68 Å². The highest BCUT2D eigenvalue weighted by atomic mass is 16.5. The number of rotatable bonds is 4. The van der Waals surface area contributed by atoms with Gasteiger partial charge in [0.2, 0.25) is 0 Å². The van der Waals surface area contributed by atoms with E-state index in [9.17, 15) is 4.79 Å². The number of nitrogens with zero attached hydrogens (tertiary/aromatic N) is 2. The van der Waals surface area contributed by atoms with Gasteiger partial charge in [0.25, 0.3) is 0 Å². The third-order valence-electron chi connectivity index (χ3n) is 1.29. The molecule has 0 spiro atoms. The summed E-state index contributed by atoms with van der Waals surface area (Å²) in [6.45, 7) is 0.351. The zero-order chi connectivity index (χ0) is 8.97. The first-order valence-electron chi connectivity index (χ1n) is 3.44. The molecule has 0 saturated heterocycles. The van der Waals surface area contributed by atoms with E-state index >= 15 is 0 Å². The molecule has 0 fully saturated rings. The summed E-state index contributed by atoms with van der Waals surface area (Å²) >= 11 is 0. The van der Waals surface area contributed by atoms with Gasteiger partial charge in [-0.25, -0.2) is 0 Å². The predicted octanol–water partition coefficient (Wildman–Crippen LogP) is 0.114. The van der Waals surface area contributed by atoms with Gasteiger partial charge in [0.1, 0.15) is 6.54 Å². The summed E-state index contributed by atoms with van der Waals surface area (Å²) in [5.74, 6) is -0.901. The molecule has 5 nitrogen and oxygen atoms in total. The molecule has 1 N–H and O–H groups in total. The molecule has 0 aliphatic heterocycles. The number of carboxylic acid groups (broad SMARTS) is 1. The second kappa shape index (κ2) is 3.87. The highest BCUT2D eigenvalue weighted by molar-refractivity contribution is 5.66. The molecular weight excluding hydrogens is 160 g/mol. The van der Waals surface area contributed by atoms with E-state index < -0.39 is 5.97 Å². The quantitative estimate of drug-likeness (QED) is 0.696. The zero-order valence-corrected chi connectivity index (χ0v) is 6.73. The fourth-order valence-electron chi connectivity index (χ4n) is 0.873. The van der Waals surface area contributed by atoms with Gasteiger partial charge < -0.3 is 9.84 Å². The first-order valence-corrected chi connectivity index (χ1v) is 3.44. The molecule has 0 unspecified atom stereocenters. The van der Waals surface area contributed by atoms with Crippen molar-refractivity contribution >= 4 is 5.97 Å². The van der Waals surface area contributed by atoms with Gasteiger partial charge in [0.15, 0.2) is 0 Å². The molecule has 1 aromatic heterocycles. The van der Waals surface area contributed by atoms with Gasteiger partial charge in [0.05, 0.1) is 12.8 Å². The third-order valence-corrected chi connectivity index (χ3v) is 1.29. The zero-order valence-electron chi connectivity index (χ0n) is 6.73. The van der Waals surface area contributed by atoms with Crippen molar-refractivity contribution < 1.29 is 14.6 Å². The molecule has 1 aromatic rings. The van der Waals surface area contributed by atoms with Crippen molar-refractivity contribution in [1.82, 2.24) is 9.78 Å². The molecular formula is C7H10N2O3. The maximum atomic E-state index is 10.2. The highest BCUT2D eigenvalue weighted by Crippen LogP contribution is 1.98. The van der Waals surface area contributed by atoms with E-state index in [0.29, 0.717) is 6.61 Å². The van der Waals surface area contributed by atoms with Crippen LogP contribution in [0.25, 0.3) is 0 Å². The SMILES string of the molecule is COCc1cnn(CC(=O)O)c1. The van der Waals surface area contributed by atoms with E-state index in [4.69, 9.17) is 9.84 Å². The van der Waals surface area contributed by atoms with Gasteiger partial charge >= 0.3 is 5.97 Å². The van der Waals surface area contributed by atoms with Crippen molar-refractivity contribution in [3.05, 3.63) is 18.0 Å². The van der Waals surface area contributed by atoms with E-state index in [-0.39, 0.29) is 6.54 Å². The molecule has 1 rings (SSSR count). The van der Waals surface area contributed by atoms with Crippen LogP contribution in [0, 0.1) is 0 Å². The minimum Gasteiger partial charge on any atom is -0.480 e. The van der Waals surface area contributed by atoms with Crippen molar-refractivity contribution in [2.24, 2.45) is 0 Å². The lowest BCUT2D eigenvalue weighted by atomic mass is 10.4. The topological polar surface area (TPSA) is 64.4 Å². The van der Waals surface area contributed by atoms with Gasteiger partial charge in [-0.3, -0.25) is 9.48 Å². The Morgan fingerprint density at radius 3 is 3.17 bits per heavy atom.